The lowest BCUT2D eigenvalue weighted by molar-refractivity contribution is 0.102. The van der Waals surface area contributed by atoms with E-state index in [0.717, 1.165) is 25.1 Å². The largest absolute Gasteiger partial charge is 0.495 e. The summed E-state index contributed by atoms with van der Waals surface area (Å²) in [4.78, 5) is 16.6. The van der Waals surface area contributed by atoms with Gasteiger partial charge in [0.1, 0.15) is 11.4 Å². The molecule has 0 aliphatic rings. The first kappa shape index (κ1) is 19.7. The molecule has 0 bridgehead atoms. The zero-order chi connectivity index (χ0) is 19.8. The van der Waals surface area contributed by atoms with Gasteiger partial charge >= 0.3 is 0 Å². The third kappa shape index (κ3) is 5.47. The van der Waals surface area contributed by atoms with E-state index in [9.17, 15) is 4.79 Å². The lowest BCUT2D eigenvalue weighted by Crippen LogP contribution is -2.14. The van der Waals surface area contributed by atoms with Crippen molar-refractivity contribution in [3.63, 3.8) is 0 Å². The molecule has 0 fully saturated rings. The Kier molecular flexibility index (Phi) is 6.87. The zero-order valence-electron chi connectivity index (χ0n) is 15.6. The number of ether oxygens (including phenoxy) is 1. The standard InChI is InChI=1S/C22H22ClN3O2/c1-28-21-12-10-17(14-19(21)23)26-22(27)20-11-9-18(15-25-20)24-13-5-8-16-6-3-2-4-7-16/h2-4,6-7,9-12,14-15,24H,5,8,13H2,1H3,(H,26,27). The zero-order valence-corrected chi connectivity index (χ0v) is 16.4. The summed E-state index contributed by atoms with van der Waals surface area (Å²) < 4.78 is 5.10. The molecule has 6 heteroatoms. The van der Waals surface area contributed by atoms with Crippen molar-refractivity contribution in [3.8, 4) is 5.75 Å². The number of aromatic nitrogens is 1. The molecule has 0 aliphatic carbocycles. The quantitative estimate of drug-likeness (QED) is 0.524. The molecule has 3 rings (SSSR count). The number of halogens is 1. The Labute approximate surface area is 169 Å². The van der Waals surface area contributed by atoms with Crippen molar-refractivity contribution < 1.29 is 9.53 Å². The Morgan fingerprint density at radius 3 is 2.54 bits per heavy atom. The van der Waals surface area contributed by atoms with Crippen LogP contribution in [0.4, 0.5) is 11.4 Å². The molecule has 144 valence electrons. The number of carbonyl (C=O) groups is 1. The molecule has 1 aromatic heterocycles. The monoisotopic (exact) mass is 395 g/mol. The van der Waals surface area contributed by atoms with Crippen molar-refractivity contribution in [1.29, 1.82) is 0 Å². The van der Waals surface area contributed by atoms with Crippen LogP contribution in [0, 0.1) is 0 Å². The third-order valence-electron chi connectivity index (χ3n) is 4.22. The van der Waals surface area contributed by atoms with Gasteiger partial charge in [-0.25, -0.2) is 4.98 Å². The van der Waals surface area contributed by atoms with Gasteiger partial charge < -0.3 is 15.4 Å². The highest BCUT2D eigenvalue weighted by Gasteiger charge is 2.09. The molecule has 0 unspecified atom stereocenters. The fraction of sp³-hybridized carbons (Fsp3) is 0.182. The van der Waals surface area contributed by atoms with Crippen LogP contribution in [0.15, 0.2) is 66.9 Å². The lowest BCUT2D eigenvalue weighted by Gasteiger charge is -2.09. The van der Waals surface area contributed by atoms with Gasteiger partial charge in [-0.1, -0.05) is 41.9 Å². The molecule has 3 aromatic rings. The van der Waals surface area contributed by atoms with Gasteiger partial charge in [0.25, 0.3) is 5.91 Å². The summed E-state index contributed by atoms with van der Waals surface area (Å²) in [6.07, 6.45) is 3.70. The number of nitrogens with zero attached hydrogens (tertiary/aromatic N) is 1. The van der Waals surface area contributed by atoms with E-state index in [1.807, 2.05) is 12.1 Å². The first-order chi connectivity index (χ1) is 13.7. The molecular weight excluding hydrogens is 374 g/mol. The summed E-state index contributed by atoms with van der Waals surface area (Å²) in [5, 5.41) is 6.54. The Morgan fingerprint density at radius 1 is 1.07 bits per heavy atom. The average Bonchev–Trinajstić information content (AvgIpc) is 2.72. The molecule has 28 heavy (non-hydrogen) atoms. The van der Waals surface area contributed by atoms with Crippen LogP contribution in [0.25, 0.3) is 0 Å². The maximum atomic E-state index is 12.3. The number of amides is 1. The first-order valence-electron chi connectivity index (χ1n) is 9.04. The second kappa shape index (κ2) is 9.76. The van der Waals surface area contributed by atoms with Crippen LogP contribution in [0.1, 0.15) is 22.5 Å². The summed E-state index contributed by atoms with van der Waals surface area (Å²) in [5.74, 6) is 0.261. The molecule has 0 saturated heterocycles. The normalized spacial score (nSPS) is 10.4. The minimum Gasteiger partial charge on any atom is -0.495 e. The lowest BCUT2D eigenvalue weighted by atomic mass is 10.1. The van der Waals surface area contributed by atoms with Gasteiger partial charge in [-0.05, 0) is 48.7 Å². The number of nitrogens with one attached hydrogen (secondary N) is 2. The second-order valence-electron chi connectivity index (χ2n) is 6.25. The fourth-order valence-electron chi connectivity index (χ4n) is 2.74. The predicted molar refractivity (Wildman–Crippen MR) is 113 cm³/mol. The molecule has 1 heterocycles. The van der Waals surface area contributed by atoms with Crippen LogP contribution in [0.3, 0.4) is 0 Å². The van der Waals surface area contributed by atoms with Crippen molar-refractivity contribution >= 4 is 28.9 Å². The van der Waals surface area contributed by atoms with Crippen LogP contribution in [0.5, 0.6) is 5.75 Å². The number of hydrogen-bond donors (Lipinski definition) is 2. The van der Waals surface area contributed by atoms with E-state index in [2.05, 4.69) is 39.9 Å². The Bertz CT molecular complexity index is 915. The van der Waals surface area contributed by atoms with E-state index < -0.39 is 0 Å². The number of hydrogen-bond acceptors (Lipinski definition) is 4. The molecule has 2 aromatic carbocycles. The minimum atomic E-state index is -0.295. The number of pyridine rings is 1. The summed E-state index contributed by atoms with van der Waals surface area (Å²) in [6.45, 7) is 0.840. The van der Waals surface area contributed by atoms with Gasteiger partial charge in [0, 0.05) is 12.2 Å². The van der Waals surface area contributed by atoms with Gasteiger partial charge in [0.05, 0.1) is 24.0 Å². The van der Waals surface area contributed by atoms with E-state index in [4.69, 9.17) is 16.3 Å². The summed E-state index contributed by atoms with van der Waals surface area (Å²) in [6, 6.07) is 19.0. The molecular formula is C22H22ClN3O2. The molecule has 0 radical (unpaired) electrons. The summed E-state index contributed by atoms with van der Waals surface area (Å²) in [5.41, 5.74) is 3.13. The van der Waals surface area contributed by atoms with Crippen molar-refractivity contribution in [2.45, 2.75) is 12.8 Å². The van der Waals surface area contributed by atoms with E-state index in [0.29, 0.717) is 22.2 Å². The molecule has 0 aliphatic heterocycles. The fourth-order valence-corrected chi connectivity index (χ4v) is 3.00. The first-order valence-corrected chi connectivity index (χ1v) is 9.42. The molecule has 1 amide bonds. The number of carbonyl (C=O) groups excluding carboxylic acids is 1. The van der Waals surface area contributed by atoms with Crippen LogP contribution in [0.2, 0.25) is 5.02 Å². The average molecular weight is 396 g/mol. The highest BCUT2D eigenvalue weighted by atomic mass is 35.5. The molecule has 2 N–H and O–H groups in total. The highest BCUT2D eigenvalue weighted by molar-refractivity contribution is 6.32. The predicted octanol–water partition coefficient (Wildman–Crippen LogP) is 5.04. The number of rotatable bonds is 8. The van der Waals surface area contributed by atoms with Crippen molar-refractivity contribution in [2.24, 2.45) is 0 Å². The van der Waals surface area contributed by atoms with Crippen molar-refractivity contribution in [2.75, 3.05) is 24.3 Å². The maximum absolute atomic E-state index is 12.3. The Balaban J connectivity index is 1.49. The Morgan fingerprint density at radius 2 is 1.86 bits per heavy atom. The van der Waals surface area contributed by atoms with E-state index in [1.54, 1.807) is 37.6 Å². The molecule has 0 atom stereocenters. The van der Waals surface area contributed by atoms with Gasteiger partial charge in [-0.15, -0.1) is 0 Å². The van der Waals surface area contributed by atoms with E-state index in [-0.39, 0.29) is 5.91 Å². The van der Waals surface area contributed by atoms with E-state index in [1.165, 1.54) is 5.56 Å². The van der Waals surface area contributed by atoms with Crippen molar-refractivity contribution in [3.05, 3.63) is 83.1 Å². The van der Waals surface area contributed by atoms with E-state index >= 15 is 0 Å². The van der Waals surface area contributed by atoms with Crippen LogP contribution >= 0.6 is 11.6 Å². The number of methoxy groups -OCH3 is 1. The third-order valence-corrected chi connectivity index (χ3v) is 4.52. The maximum Gasteiger partial charge on any atom is 0.274 e. The van der Waals surface area contributed by atoms with Crippen molar-refractivity contribution in [1.82, 2.24) is 4.98 Å². The van der Waals surface area contributed by atoms with Gasteiger partial charge in [-0.3, -0.25) is 4.79 Å². The second-order valence-corrected chi connectivity index (χ2v) is 6.66. The molecule has 0 saturated carbocycles. The number of benzene rings is 2. The topological polar surface area (TPSA) is 63.2 Å². The number of anilines is 2. The summed E-state index contributed by atoms with van der Waals surface area (Å²) in [7, 11) is 1.54. The molecule has 5 nitrogen and oxygen atoms in total. The SMILES string of the molecule is COc1ccc(NC(=O)c2ccc(NCCCc3ccccc3)cn2)cc1Cl. The molecule has 0 spiro atoms. The highest BCUT2D eigenvalue weighted by Crippen LogP contribution is 2.27. The van der Waals surface area contributed by atoms with Crippen LogP contribution < -0.4 is 15.4 Å². The minimum absolute atomic E-state index is 0.295. The van der Waals surface area contributed by atoms with Gasteiger partial charge in [0.2, 0.25) is 0 Å². The van der Waals surface area contributed by atoms with Gasteiger partial charge in [0.15, 0.2) is 0 Å². The van der Waals surface area contributed by atoms with Gasteiger partial charge in [-0.2, -0.15) is 0 Å². The Hall–Kier alpha value is -3.05. The summed E-state index contributed by atoms with van der Waals surface area (Å²) >= 11 is 6.08. The van der Waals surface area contributed by atoms with Crippen LogP contribution in [-0.2, 0) is 6.42 Å². The number of aryl methyl sites for hydroxylation is 1. The van der Waals surface area contributed by atoms with Crippen LogP contribution in [-0.4, -0.2) is 24.5 Å². The smallest absolute Gasteiger partial charge is 0.274 e.